The van der Waals surface area contributed by atoms with Crippen LogP contribution in [0.4, 0.5) is 5.69 Å². The van der Waals surface area contributed by atoms with Gasteiger partial charge in [-0.3, -0.25) is 9.10 Å². The van der Waals surface area contributed by atoms with Gasteiger partial charge in [-0.2, -0.15) is 0 Å². The summed E-state index contributed by atoms with van der Waals surface area (Å²) in [5.41, 5.74) is 1.70. The van der Waals surface area contributed by atoms with Gasteiger partial charge in [-0.25, -0.2) is 13.2 Å². The van der Waals surface area contributed by atoms with Gasteiger partial charge in [0, 0.05) is 12.6 Å². The quantitative estimate of drug-likeness (QED) is 0.753. The maximum atomic E-state index is 12.3. The average Bonchev–Trinajstić information content (AvgIpc) is 3.07. The van der Waals surface area contributed by atoms with Crippen LogP contribution in [-0.2, 0) is 26.0 Å². The Kier molecular flexibility index (Phi) is 5.98. The lowest BCUT2D eigenvalue weighted by atomic mass is 9.78. The number of anilines is 1. The number of rotatable bonds is 5. The second kappa shape index (κ2) is 8.11. The van der Waals surface area contributed by atoms with Gasteiger partial charge in [0.25, 0.3) is 5.91 Å². The monoisotopic (exact) mass is 408 g/mol. The normalized spacial score (nSPS) is 24.5. The van der Waals surface area contributed by atoms with E-state index >= 15 is 0 Å². The minimum Gasteiger partial charge on any atom is -0.452 e. The van der Waals surface area contributed by atoms with Gasteiger partial charge in [0.2, 0.25) is 10.0 Å². The number of sulfonamides is 1. The summed E-state index contributed by atoms with van der Waals surface area (Å²) in [7, 11) is -3.33. The Morgan fingerprint density at radius 1 is 1.25 bits per heavy atom. The van der Waals surface area contributed by atoms with Crippen LogP contribution in [-0.4, -0.2) is 45.7 Å². The van der Waals surface area contributed by atoms with Crippen LogP contribution in [0, 0.1) is 11.8 Å². The number of hydrogen-bond donors (Lipinski definition) is 1. The minimum atomic E-state index is -3.33. The first kappa shape index (κ1) is 20.6. The van der Waals surface area contributed by atoms with Crippen molar-refractivity contribution in [2.45, 2.75) is 45.6 Å². The number of carbonyl (C=O) groups excluding carboxylic acids is 2. The first-order valence-electron chi connectivity index (χ1n) is 9.74. The zero-order chi connectivity index (χ0) is 20.5. The molecule has 8 heteroatoms. The molecule has 0 saturated heterocycles. The van der Waals surface area contributed by atoms with Crippen LogP contribution >= 0.6 is 0 Å². The van der Waals surface area contributed by atoms with Crippen molar-refractivity contribution in [2.75, 3.05) is 23.7 Å². The van der Waals surface area contributed by atoms with Crippen LogP contribution in [0.3, 0.4) is 0 Å². The second-order valence-electron chi connectivity index (χ2n) is 7.95. The van der Waals surface area contributed by atoms with Crippen molar-refractivity contribution in [2.24, 2.45) is 11.8 Å². The molecule has 1 aliphatic carbocycles. The summed E-state index contributed by atoms with van der Waals surface area (Å²) < 4.78 is 30.1. The molecule has 1 aliphatic heterocycles. The highest BCUT2D eigenvalue weighted by Gasteiger charge is 2.29. The van der Waals surface area contributed by atoms with Gasteiger partial charge in [0.05, 0.1) is 17.5 Å². The lowest BCUT2D eigenvalue weighted by molar-refractivity contribution is -0.125. The zero-order valence-electron chi connectivity index (χ0n) is 16.6. The Bertz CT molecular complexity index is 867. The molecule has 0 unspecified atom stereocenters. The topological polar surface area (TPSA) is 92.8 Å². The lowest BCUT2D eigenvalue weighted by Crippen LogP contribution is -2.45. The summed E-state index contributed by atoms with van der Waals surface area (Å²) >= 11 is 0. The summed E-state index contributed by atoms with van der Waals surface area (Å²) in [5, 5.41) is 2.98. The Morgan fingerprint density at radius 2 is 2.00 bits per heavy atom. The zero-order valence-corrected chi connectivity index (χ0v) is 17.4. The number of esters is 1. The molecular formula is C20H28N2O5S. The number of ether oxygens (including phenoxy) is 1. The average molecular weight is 409 g/mol. The Hall–Kier alpha value is -2.09. The molecule has 0 aromatic heterocycles. The third-order valence-electron chi connectivity index (χ3n) is 5.96. The molecule has 3 rings (SSSR count). The predicted molar refractivity (Wildman–Crippen MR) is 107 cm³/mol. The predicted octanol–water partition coefficient (Wildman–Crippen LogP) is 2.11. The van der Waals surface area contributed by atoms with Crippen LogP contribution in [0.2, 0.25) is 0 Å². The first-order valence-corrected chi connectivity index (χ1v) is 11.6. The Balaban J connectivity index is 1.56. The number of carbonyl (C=O) groups is 2. The van der Waals surface area contributed by atoms with Crippen LogP contribution in [0.15, 0.2) is 18.2 Å². The fourth-order valence-electron chi connectivity index (χ4n) is 4.09. The third-order valence-corrected chi connectivity index (χ3v) is 7.14. The van der Waals surface area contributed by atoms with Crippen molar-refractivity contribution in [3.63, 3.8) is 0 Å². The summed E-state index contributed by atoms with van der Waals surface area (Å²) in [6, 6.07) is 4.92. The number of nitrogens with one attached hydrogen (secondary N) is 1. The molecule has 1 heterocycles. The molecule has 1 fully saturated rings. The summed E-state index contributed by atoms with van der Waals surface area (Å²) in [6.07, 6.45) is 4.93. The molecular weight excluding hydrogens is 380 g/mol. The maximum absolute atomic E-state index is 12.3. The molecule has 0 bridgehead atoms. The summed E-state index contributed by atoms with van der Waals surface area (Å²) in [6.45, 7) is 4.39. The number of amides is 1. The molecule has 1 amide bonds. The van der Waals surface area contributed by atoms with Crippen LogP contribution in [0.1, 0.15) is 49.0 Å². The highest BCUT2D eigenvalue weighted by atomic mass is 32.2. The smallest absolute Gasteiger partial charge is 0.338 e. The van der Waals surface area contributed by atoms with Gasteiger partial charge >= 0.3 is 5.97 Å². The van der Waals surface area contributed by atoms with E-state index in [-0.39, 0.29) is 18.6 Å². The Morgan fingerprint density at radius 3 is 2.71 bits per heavy atom. The lowest BCUT2D eigenvalue weighted by Gasteiger charge is -2.34. The van der Waals surface area contributed by atoms with Crippen molar-refractivity contribution in [3.8, 4) is 0 Å². The molecule has 2 aliphatic rings. The molecule has 1 saturated carbocycles. The minimum absolute atomic E-state index is 0.122. The van der Waals surface area contributed by atoms with Gasteiger partial charge in [0.15, 0.2) is 6.61 Å². The fraction of sp³-hybridized carbons (Fsp3) is 0.600. The van der Waals surface area contributed by atoms with E-state index in [9.17, 15) is 18.0 Å². The van der Waals surface area contributed by atoms with Crippen molar-refractivity contribution in [1.82, 2.24) is 5.32 Å². The van der Waals surface area contributed by atoms with E-state index in [0.717, 1.165) is 24.7 Å². The first-order chi connectivity index (χ1) is 13.2. The highest BCUT2D eigenvalue weighted by molar-refractivity contribution is 7.92. The van der Waals surface area contributed by atoms with Crippen molar-refractivity contribution >= 4 is 27.6 Å². The van der Waals surface area contributed by atoms with E-state index in [2.05, 4.69) is 19.2 Å². The molecule has 3 atom stereocenters. The second-order valence-corrected chi connectivity index (χ2v) is 9.85. The van der Waals surface area contributed by atoms with Crippen LogP contribution in [0.25, 0.3) is 0 Å². The third kappa shape index (κ3) is 4.48. The van der Waals surface area contributed by atoms with E-state index in [1.54, 1.807) is 12.1 Å². The molecule has 154 valence electrons. The van der Waals surface area contributed by atoms with Gasteiger partial charge in [-0.1, -0.05) is 26.7 Å². The fourth-order valence-corrected chi connectivity index (χ4v) is 5.05. The van der Waals surface area contributed by atoms with E-state index in [1.165, 1.54) is 16.8 Å². The standard InChI is InChI=1S/C20H28N2O5S/c1-13-5-4-6-17(14(13)2)21-19(23)12-27-20(24)16-7-8-18-15(11-16)9-10-22(18)28(3,25)26/h7-8,11,13-14,17H,4-6,9-10,12H2,1-3H3,(H,21,23)/t13-,14-,17+/m1/s1. The highest BCUT2D eigenvalue weighted by Crippen LogP contribution is 2.31. The van der Waals surface area contributed by atoms with Gasteiger partial charge in [-0.15, -0.1) is 0 Å². The van der Waals surface area contributed by atoms with Gasteiger partial charge in [-0.05, 0) is 48.4 Å². The maximum Gasteiger partial charge on any atom is 0.338 e. The van der Waals surface area contributed by atoms with Crippen molar-refractivity contribution in [3.05, 3.63) is 29.3 Å². The van der Waals surface area contributed by atoms with E-state index < -0.39 is 16.0 Å². The number of nitrogens with zero attached hydrogens (tertiary/aromatic N) is 1. The number of fused-ring (bicyclic) bond motifs is 1. The Labute approximate surface area is 166 Å². The van der Waals surface area contributed by atoms with Crippen LogP contribution in [0.5, 0.6) is 0 Å². The number of hydrogen-bond acceptors (Lipinski definition) is 5. The van der Waals surface area contributed by atoms with E-state index in [1.807, 2.05) is 0 Å². The molecule has 28 heavy (non-hydrogen) atoms. The molecule has 1 aromatic rings. The summed E-state index contributed by atoms with van der Waals surface area (Å²) in [5.74, 6) is 0.104. The van der Waals surface area contributed by atoms with Gasteiger partial charge in [0.1, 0.15) is 0 Å². The van der Waals surface area contributed by atoms with Crippen molar-refractivity contribution in [1.29, 1.82) is 0 Å². The number of benzene rings is 1. The molecule has 1 aromatic carbocycles. The molecule has 1 N–H and O–H groups in total. The summed E-state index contributed by atoms with van der Waals surface area (Å²) in [4.78, 5) is 24.5. The SMILES string of the molecule is C[C@@H]1[C@H](C)CCC[C@@H]1NC(=O)COC(=O)c1ccc2c(c1)CCN2S(C)(=O)=O. The van der Waals surface area contributed by atoms with Crippen LogP contribution < -0.4 is 9.62 Å². The van der Waals surface area contributed by atoms with E-state index in [4.69, 9.17) is 4.74 Å². The molecule has 0 spiro atoms. The van der Waals surface area contributed by atoms with Crippen molar-refractivity contribution < 1.29 is 22.7 Å². The largest absolute Gasteiger partial charge is 0.452 e. The van der Waals surface area contributed by atoms with E-state index in [0.29, 0.717) is 36.1 Å². The molecule has 7 nitrogen and oxygen atoms in total. The van der Waals surface area contributed by atoms with Gasteiger partial charge < -0.3 is 10.1 Å². The molecule has 0 radical (unpaired) electrons.